The molecular formula is C24H28N6O2S. The number of benzene rings is 1. The van der Waals surface area contributed by atoms with Crippen LogP contribution in [-0.2, 0) is 22.6 Å². The van der Waals surface area contributed by atoms with E-state index in [9.17, 15) is 9.59 Å². The van der Waals surface area contributed by atoms with Gasteiger partial charge in [-0.2, -0.15) is 0 Å². The van der Waals surface area contributed by atoms with E-state index in [4.69, 9.17) is 9.97 Å². The molecule has 4 heterocycles. The van der Waals surface area contributed by atoms with Crippen molar-refractivity contribution >= 4 is 39.9 Å². The van der Waals surface area contributed by atoms with Crippen molar-refractivity contribution in [1.82, 2.24) is 25.1 Å². The van der Waals surface area contributed by atoms with Gasteiger partial charge in [-0.25, -0.2) is 9.97 Å². The number of rotatable bonds is 3. The highest BCUT2D eigenvalue weighted by molar-refractivity contribution is 7.10. The highest BCUT2D eigenvalue weighted by Crippen LogP contribution is 2.25. The molecule has 0 spiro atoms. The van der Waals surface area contributed by atoms with Gasteiger partial charge in [0.1, 0.15) is 23.8 Å². The molecule has 0 radical (unpaired) electrons. The fourth-order valence-electron chi connectivity index (χ4n) is 4.47. The number of para-hydroxylation sites is 1. The Balaban J connectivity index is 1.45. The van der Waals surface area contributed by atoms with Crippen LogP contribution >= 0.6 is 11.3 Å². The predicted molar refractivity (Wildman–Crippen MR) is 129 cm³/mol. The van der Waals surface area contributed by atoms with Crippen molar-refractivity contribution in [3.63, 3.8) is 0 Å². The average Bonchev–Trinajstić information content (AvgIpc) is 3.30. The molecule has 0 saturated carbocycles. The van der Waals surface area contributed by atoms with E-state index in [1.807, 2.05) is 60.5 Å². The molecule has 5 rings (SSSR count). The van der Waals surface area contributed by atoms with Gasteiger partial charge in [0, 0.05) is 23.4 Å². The number of carbonyl (C=O) groups is 2. The minimum atomic E-state index is -0.451. The molecule has 2 N–H and O–H groups in total. The van der Waals surface area contributed by atoms with E-state index in [0.29, 0.717) is 44.2 Å². The molecule has 2 amide bonds. The van der Waals surface area contributed by atoms with Crippen LogP contribution in [0.5, 0.6) is 0 Å². The highest BCUT2D eigenvalue weighted by Gasteiger charge is 2.34. The Hall–Kier alpha value is -3.04. The Bertz CT molecular complexity index is 1160. The lowest BCUT2D eigenvalue weighted by molar-refractivity contribution is -0.136. The summed E-state index contributed by atoms with van der Waals surface area (Å²) in [6, 6.07) is 11.4. The molecule has 2 aliphatic rings. The Labute approximate surface area is 197 Å². The van der Waals surface area contributed by atoms with E-state index in [1.54, 1.807) is 11.3 Å². The van der Waals surface area contributed by atoms with Crippen LogP contribution < -0.4 is 10.6 Å². The number of hydrogen-bond donors (Lipinski definition) is 2. The molecule has 33 heavy (non-hydrogen) atoms. The lowest BCUT2D eigenvalue weighted by Crippen LogP contribution is -2.63. The Morgan fingerprint density at radius 1 is 1.15 bits per heavy atom. The van der Waals surface area contributed by atoms with Gasteiger partial charge in [-0.05, 0) is 29.5 Å². The van der Waals surface area contributed by atoms with Gasteiger partial charge in [0.25, 0.3) is 0 Å². The van der Waals surface area contributed by atoms with Crippen LogP contribution in [0.1, 0.15) is 24.5 Å². The minimum Gasteiger partial charge on any atom is -0.358 e. The number of aromatic nitrogens is 2. The maximum Gasteiger partial charge on any atom is 0.244 e. The quantitative estimate of drug-likeness (QED) is 0.619. The van der Waals surface area contributed by atoms with Crippen LogP contribution in [0.4, 0.5) is 5.82 Å². The Morgan fingerprint density at radius 2 is 2.00 bits per heavy atom. The second kappa shape index (κ2) is 9.07. The van der Waals surface area contributed by atoms with Crippen LogP contribution in [0.2, 0.25) is 0 Å². The summed E-state index contributed by atoms with van der Waals surface area (Å²) < 4.78 is 0. The third kappa shape index (κ3) is 4.56. The van der Waals surface area contributed by atoms with Crippen LogP contribution in [0.15, 0.2) is 41.8 Å². The summed E-state index contributed by atoms with van der Waals surface area (Å²) in [4.78, 5) is 40.9. The van der Waals surface area contributed by atoms with Gasteiger partial charge in [0.05, 0.1) is 25.0 Å². The number of anilines is 1. The van der Waals surface area contributed by atoms with E-state index >= 15 is 0 Å². The zero-order chi connectivity index (χ0) is 22.9. The number of nitrogens with one attached hydrogen (secondary N) is 2. The summed E-state index contributed by atoms with van der Waals surface area (Å²) in [6.45, 7) is 6.24. The molecule has 2 aromatic heterocycles. The van der Waals surface area contributed by atoms with Gasteiger partial charge in [0.2, 0.25) is 11.8 Å². The van der Waals surface area contributed by atoms with Crippen molar-refractivity contribution in [2.75, 3.05) is 25.0 Å². The Morgan fingerprint density at radius 3 is 2.79 bits per heavy atom. The largest absolute Gasteiger partial charge is 0.358 e. The van der Waals surface area contributed by atoms with Crippen molar-refractivity contribution in [3.8, 4) is 0 Å². The third-order valence-electron chi connectivity index (χ3n) is 6.29. The van der Waals surface area contributed by atoms with E-state index in [2.05, 4.69) is 15.5 Å². The van der Waals surface area contributed by atoms with Crippen LogP contribution in [0.3, 0.4) is 0 Å². The second-order valence-corrected chi connectivity index (χ2v) is 9.99. The fourth-order valence-corrected chi connectivity index (χ4v) is 5.17. The van der Waals surface area contributed by atoms with Crippen LogP contribution in [-0.4, -0.2) is 63.4 Å². The molecule has 2 aliphatic heterocycles. The molecule has 2 atom stereocenters. The first-order valence-electron chi connectivity index (χ1n) is 11.3. The van der Waals surface area contributed by atoms with Gasteiger partial charge in [-0.15, -0.1) is 11.3 Å². The summed E-state index contributed by atoms with van der Waals surface area (Å²) >= 11 is 1.59. The second-order valence-electron chi connectivity index (χ2n) is 8.96. The molecule has 1 unspecified atom stereocenters. The summed E-state index contributed by atoms with van der Waals surface area (Å²) in [5.41, 5.74) is 0.856. The SMILES string of the molecule is CC(C)[C@@H]1Nc2nc(nc3ccccc23)CN2CCN(C(=O)Cc3cccs3)CC2NC1=O. The van der Waals surface area contributed by atoms with E-state index in [1.165, 1.54) is 0 Å². The smallest absolute Gasteiger partial charge is 0.244 e. The predicted octanol–water partition coefficient (Wildman–Crippen LogP) is 2.47. The van der Waals surface area contributed by atoms with Crippen molar-refractivity contribution in [3.05, 3.63) is 52.5 Å². The summed E-state index contributed by atoms with van der Waals surface area (Å²) in [5, 5.41) is 9.47. The van der Waals surface area contributed by atoms with E-state index in [-0.39, 0.29) is 23.9 Å². The summed E-state index contributed by atoms with van der Waals surface area (Å²) in [6.07, 6.45) is 0.101. The number of fused-ring (bicyclic) bond motifs is 5. The number of nitrogens with zero attached hydrogens (tertiary/aromatic N) is 4. The van der Waals surface area contributed by atoms with Crippen LogP contribution in [0.25, 0.3) is 10.9 Å². The first-order chi connectivity index (χ1) is 16.0. The monoisotopic (exact) mass is 464 g/mol. The molecule has 1 aromatic carbocycles. The van der Waals surface area contributed by atoms with E-state index in [0.717, 1.165) is 15.8 Å². The standard InChI is InChI=1S/C24H28N6O2S/c1-15(2)22-24(32)27-20-14-30(21(31)12-16-6-5-11-33-16)10-9-29(20)13-19-25-18-8-4-3-7-17(18)23(26-19)28-22/h3-8,11,15,20,22H,9-10,12-14H2,1-2H3,(H,27,32)(H,25,26,28)/t20?,22-/m0/s1. The summed E-state index contributed by atoms with van der Waals surface area (Å²) in [7, 11) is 0. The maximum atomic E-state index is 13.3. The number of amides is 2. The zero-order valence-corrected chi connectivity index (χ0v) is 19.6. The molecule has 0 aliphatic carbocycles. The highest BCUT2D eigenvalue weighted by atomic mass is 32.1. The molecule has 8 nitrogen and oxygen atoms in total. The maximum absolute atomic E-state index is 13.3. The Kier molecular flexibility index (Phi) is 5.99. The van der Waals surface area contributed by atoms with Gasteiger partial charge < -0.3 is 15.5 Å². The van der Waals surface area contributed by atoms with E-state index < -0.39 is 6.04 Å². The van der Waals surface area contributed by atoms with Crippen molar-refractivity contribution < 1.29 is 9.59 Å². The van der Waals surface area contributed by atoms with Crippen LogP contribution in [0, 0.1) is 5.92 Å². The van der Waals surface area contributed by atoms with Gasteiger partial charge in [0.15, 0.2) is 0 Å². The molecule has 172 valence electrons. The van der Waals surface area contributed by atoms with Crippen molar-refractivity contribution in [2.45, 2.75) is 39.0 Å². The molecule has 2 bridgehead atoms. The normalized spacial score (nSPS) is 21.4. The van der Waals surface area contributed by atoms with Crippen molar-refractivity contribution in [2.24, 2.45) is 5.92 Å². The molecular weight excluding hydrogens is 436 g/mol. The lowest BCUT2D eigenvalue weighted by Gasteiger charge is -2.42. The average molecular weight is 465 g/mol. The van der Waals surface area contributed by atoms with Gasteiger partial charge >= 0.3 is 0 Å². The lowest BCUT2D eigenvalue weighted by atomic mass is 10.0. The summed E-state index contributed by atoms with van der Waals surface area (Å²) in [5.74, 6) is 1.45. The topological polar surface area (TPSA) is 90.5 Å². The fraction of sp³-hybridized carbons (Fsp3) is 0.417. The molecule has 1 fully saturated rings. The number of hydrogen-bond acceptors (Lipinski definition) is 7. The van der Waals surface area contributed by atoms with Gasteiger partial charge in [-0.3, -0.25) is 14.5 Å². The first-order valence-corrected chi connectivity index (χ1v) is 12.2. The first kappa shape index (κ1) is 21.8. The third-order valence-corrected chi connectivity index (χ3v) is 7.17. The minimum absolute atomic E-state index is 0.0511. The molecule has 1 saturated heterocycles. The molecule has 9 heteroatoms. The zero-order valence-electron chi connectivity index (χ0n) is 18.8. The number of piperazine rings is 1. The molecule has 3 aromatic rings. The number of thiophene rings is 1. The van der Waals surface area contributed by atoms with Crippen molar-refractivity contribution in [1.29, 1.82) is 0 Å². The number of carbonyl (C=O) groups excluding carboxylic acids is 2. The van der Waals surface area contributed by atoms with Gasteiger partial charge in [-0.1, -0.05) is 32.0 Å².